The third kappa shape index (κ3) is 6.08. The average Bonchev–Trinajstić information content (AvgIpc) is 2.57. The Morgan fingerprint density at radius 1 is 1.08 bits per heavy atom. The van der Waals surface area contributed by atoms with Gasteiger partial charge in [-0.2, -0.15) is 0 Å². The number of benzene rings is 2. The summed E-state index contributed by atoms with van der Waals surface area (Å²) in [6.45, 7) is 6.35. The van der Waals surface area contributed by atoms with Gasteiger partial charge in [-0.1, -0.05) is 25.4 Å². The van der Waals surface area contributed by atoms with Crippen molar-refractivity contribution in [3.05, 3.63) is 53.1 Å². The number of anilines is 2. The van der Waals surface area contributed by atoms with Crippen LogP contribution in [0.3, 0.4) is 0 Å². The Hall–Kier alpha value is -2.53. The maximum atomic E-state index is 12.3. The molecule has 0 atom stereocenters. The number of amides is 2. The van der Waals surface area contributed by atoms with Crippen molar-refractivity contribution in [1.82, 2.24) is 0 Å². The Kier molecular flexibility index (Phi) is 7.04. The number of carbonyl (C=O) groups excluding carboxylic acids is 2. The SMILES string of the molecule is CC(=O)Nc1ccc(NC(=O)c2ccc(OCCC(C)C)cc2)cc1Cl. The van der Waals surface area contributed by atoms with E-state index in [9.17, 15) is 9.59 Å². The van der Waals surface area contributed by atoms with E-state index in [-0.39, 0.29) is 11.8 Å². The van der Waals surface area contributed by atoms with Crippen molar-refractivity contribution in [3.8, 4) is 5.75 Å². The van der Waals surface area contributed by atoms with Gasteiger partial charge in [0.2, 0.25) is 5.91 Å². The van der Waals surface area contributed by atoms with Crippen LogP contribution in [0.5, 0.6) is 5.75 Å². The summed E-state index contributed by atoms with van der Waals surface area (Å²) in [5.74, 6) is 0.871. The summed E-state index contributed by atoms with van der Waals surface area (Å²) in [4.78, 5) is 23.4. The van der Waals surface area contributed by atoms with Crippen LogP contribution < -0.4 is 15.4 Å². The van der Waals surface area contributed by atoms with E-state index in [0.29, 0.717) is 34.5 Å². The van der Waals surface area contributed by atoms with Gasteiger partial charge in [0.15, 0.2) is 0 Å². The molecule has 0 saturated carbocycles. The summed E-state index contributed by atoms with van der Waals surface area (Å²) in [7, 11) is 0. The molecule has 2 aromatic rings. The molecule has 0 aliphatic rings. The monoisotopic (exact) mass is 374 g/mol. The average molecular weight is 375 g/mol. The van der Waals surface area contributed by atoms with Crippen LogP contribution in [0.15, 0.2) is 42.5 Å². The highest BCUT2D eigenvalue weighted by molar-refractivity contribution is 6.34. The van der Waals surface area contributed by atoms with Crippen molar-refractivity contribution >= 4 is 34.8 Å². The summed E-state index contributed by atoms with van der Waals surface area (Å²) < 4.78 is 5.65. The van der Waals surface area contributed by atoms with Crippen molar-refractivity contribution in [2.24, 2.45) is 5.92 Å². The van der Waals surface area contributed by atoms with E-state index >= 15 is 0 Å². The summed E-state index contributed by atoms with van der Waals surface area (Å²) in [6.07, 6.45) is 0.984. The molecular formula is C20H23ClN2O3. The van der Waals surface area contributed by atoms with E-state index in [0.717, 1.165) is 12.2 Å². The summed E-state index contributed by atoms with van der Waals surface area (Å²) in [5, 5.41) is 5.75. The van der Waals surface area contributed by atoms with Crippen molar-refractivity contribution in [2.75, 3.05) is 17.2 Å². The van der Waals surface area contributed by atoms with Gasteiger partial charge in [0.1, 0.15) is 5.75 Å². The molecule has 0 aromatic heterocycles. The molecule has 0 radical (unpaired) electrons. The van der Waals surface area contributed by atoms with Crippen LogP contribution in [0, 0.1) is 5.92 Å². The summed E-state index contributed by atoms with van der Waals surface area (Å²) in [6, 6.07) is 11.9. The Morgan fingerprint density at radius 3 is 2.35 bits per heavy atom. The first kappa shape index (κ1) is 19.8. The predicted octanol–water partition coefficient (Wildman–Crippen LogP) is 4.98. The lowest BCUT2D eigenvalue weighted by Gasteiger charge is -2.10. The smallest absolute Gasteiger partial charge is 0.255 e. The molecule has 2 aromatic carbocycles. The van der Waals surface area contributed by atoms with Crippen LogP contribution in [-0.4, -0.2) is 18.4 Å². The summed E-state index contributed by atoms with van der Waals surface area (Å²) in [5.41, 5.74) is 1.56. The molecule has 0 spiro atoms. The maximum Gasteiger partial charge on any atom is 0.255 e. The van der Waals surface area contributed by atoms with Crippen LogP contribution >= 0.6 is 11.6 Å². The molecule has 0 heterocycles. The van der Waals surface area contributed by atoms with Crippen molar-refractivity contribution in [2.45, 2.75) is 27.2 Å². The number of nitrogens with one attached hydrogen (secondary N) is 2. The van der Waals surface area contributed by atoms with Crippen LogP contribution in [0.2, 0.25) is 5.02 Å². The van der Waals surface area contributed by atoms with Crippen LogP contribution in [0.1, 0.15) is 37.6 Å². The highest BCUT2D eigenvalue weighted by Crippen LogP contribution is 2.26. The first-order valence-corrected chi connectivity index (χ1v) is 8.84. The van der Waals surface area contributed by atoms with E-state index in [2.05, 4.69) is 24.5 Å². The molecule has 0 unspecified atom stereocenters. The number of hydrogen-bond donors (Lipinski definition) is 2. The third-order valence-electron chi connectivity index (χ3n) is 3.62. The van der Waals surface area contributed by atoms with Gasteiger partial charge >= 0.3 is 0 Å². The highest BCUT2D eigenvalue weighted by atomic mass is 35.5. The Morgan fingerprint density at radius 2 is 1.77 bits per heavy atom. The third-order valence-corrected chi connectivity index (χ3v) is 3.93. The molecule has 0 aliphatic heterocycles. The second-order valence-corrected chi connectivity index (χ2v) is 6.79. The fourth-order valence-corrected chi connectivity index (χ4v) is 2.43. The standard InChI is InChI=1S/C20H23ClN2O3/c1-13(2)10-11-26-17-7-4-15(5-8-17)20(25)23-16-6-9-19(18(21)12-16)22-14(3)24/h4-9,12-13H,10-11H2,1-3H3,(H,22,24)(H,23,25). The zero-order valence-electron chi connectivity index (χ0n) is 15.1. The van der Waals surface area contributed by atoms with Crippen molar-refractivity contribution < 1.29 is 14.3 Å². The van der Waals surface area contributed by atoms with Crippen molar-refractivity contribution in [3.63, 3.8) is 0 Å². The van der Waals surface area contributed by atoms with Gasteiger partial charge in [0.05, 0.1) is 17.3 Å². The minimum absolute atomic E-state index is 0.209. The molecule has 2 N–H and O–H groups in total. The highest BCUT2D eigenvalue weighted by Gasteiger charge is 2.09. The molecule has 0 aliphatic carbocycles. The van der Waals surface area contributed by atoms with E-state index in [1.165, 1.54) is 6.92 Å². The second-order valence-electron chi connectivity index (χ2n) is 6.39. The topological polar surface area (TPSA) is 67.4 Å². The first-order valence-electron chi connectivity index (χ1n) is 8.46. The van der Waals surface area contributed by atoms with Crippen LogP contribution in [0.4, 0.5) is 11.4 Å². The largest absolute Gasteiger partial charge is 0.494 e. The quantitative estimate of drug-likeness (QED) is 0.718. The van der Waals surface area contributed by atoms with E-state index < -0.39 is 0 Å². The molecule has 5 nitrogen and oxygen atoms in total. The molecule has 0 bridgehead atoms. The minimum atomic E-state index is -0.248. The van der Waals surface area contributed by atoms with Gasteiger partial charge in [-0.15, -0.1) is 0 Å². The van der Waals surface area contributed by atoms with E-state index in [1.54, 1.807) is 42.5 Å². The van der Waals surface area contributed by atoms with Gasteiger partial charge in [-0.3, -0.25) is 9.59 Å². The second kappa shape index (κ2) is 9.25. The lowest BCUT2D eigenvalue weighted by Crippen LogP contribution is -2.12. The Balaban J connectivity index is 1.97. The zero-order valence-corrected chi connectivity index (χ0v) is 15.9. The van der Waals surface area contributed by atoms with Gasteiger partial charge < -0.3 is 15.4 Å². The van der Waals surface area contributed by atoms with Gasteiger partial charge in [0, 0.05) is 18.2 Å². The zero-order chi connectivity index (χ0) is 19.1. The van der Waals surface area contributed by atoms with E-state index in [1.807, 2.05) is 0 Å². The Labute approximate surface area is 158 Å². The number of carbonyl (C=O) groups is 2. The fraction of sp³-hybridized carbons (Fsp3) is 0.300. The molecule has 0 saturated heterocycles. The van der Waals surface area contributed by atoms with Crippen LogP contribution in [0.25, 0.3) is 0 Å². The van der Waals surface area contributed by atoms with Crippen LogP contribution in [-0.2, 0) is 4.79 Å². The number of halogens is 1. The molecule has 138 valence electrons. The van der Waals surface area contributed by atoms with Gasteiger partial charge in [0.25, 0.3) is 5.91 Å². The first-order chi connectivity index (χ1) is 12.3. The molecule has 6 heteroatoms. The lowest BCUT2D eigenvalue weighted by atomic mass is 10.1. The number of hydrogen-bond acceptors (Lipinski definition) is 3. The minimum Gasteiger partial charge on any atom is -0.494 e. The number of ether oxygens (including phenoxy) is 1. The maximum absolute atomic E-state index is 12.3. The van der Waals surface area contributed by atoms with Crippen molar-refractivity contribution in [1.29, 1.82) is 0 Å². The predicted molar refractivity (Wildman–Crippen MR) is 105 cm³/mol. The summed E-state index contributed by atoms with van der Waals surface area (Å²) >= 11 is 6.11. The normalized spacial score (nSPS) is 10.5. The molecular weight excluding hydrogens is 352 g/mol. The Bertz CT molecular complexity index is 773. The molecule has 2 rings (SSSR count). The lowest BCUT2D eigenvalue weighted by molar-refractivity contribution is -0.114. The molecule has 0 fully saturated rings. The number of rotatable bonds is 7. The molecule has 26 heavy (non-hydrogen) atoms. The molecule has 2 amide bonds. The van der Waals surface area contributed by atoms with E-state index in [4.69, 9.17) is 16.3 Å². The van der Waals surface area contributed by atoms with Gasteiger partial charge in [-0.05, 0) is 54.8 Å². The fourth-order valence-electron chi connectivity index (χ4n) is 2.20. The van der Waals surface area contributed by atoms with Gasteiger partial charge in [-0.25, -0.2) is 0 Å².